The third-order valence-corrected chi connectivity index (χ3v) is 5.19. The second-order valence-electron chi connectivity index (χ2n) is 5.80. The summed E-state index contributed by atoms with van der Waals surface area (Å²) in [5.74, 6) is -0.342. The highest BCUT2D eigenvalue weighted by Crippen LogP contribution is 2.26. The maximum absolute atomic E-state index is 12.5. The standard InChI is InChI=1S/C19H14ClN5O3S/c1-27-15-5-4-11(20)9-12(15)17(21)24-28-19(26)13-10-23-25-14(6-7-22-18(13)25)16-3-2-8-29-16/h2-10H,1H3,(H2,21,24). The van der Waals surface area contributed by atoms with Gasteiger partial charge < -0.3 is 15.3 Å². The van der Waals surface area contributed by atoms with E-state index in [1.807, 2.05) is 23.6 Å². The van der Waals surface area contributed by atoms with E-state index in [1.165, 1.54) is 13.3 Å². The van der Waals surface area contributed by atoms with Crippen LogP contribution < -0.4 is 10.5 Å². The molecular formula is C19H14ClN5O3S. The van der Waals surface area contributed by atoms with Crippen LogP contribution >= 0.6 is 22.9 Å². The van der Waals surface area contributed by atoms with Crippen LogP contribution in [-0.2, 0) is 4.84 Å². The Morgan fingerprint density at radius 3 is 2.90 bits per heavy atom. The van der Waals surface area contributed by atoms with Crippen molar-refractivity contribution in [1.82, 2.24) is 14.6 Å². The summed E-state index contributed by atoms with van der Waals surface area (Å²) in [4.78, 5) is 22.8. The number of amidine groups is 1. The van der Waals surface area contributed by atoms with E-state index < -0.39 is 5.97 Å². The molecule has 0 unspecified atom stereocenters. The number of thiophene rings is 1. The number of oxime groups is 1. The molecule has 0 atom stereocenters. The van der Waals surface area contributed by atoms with Crippen molar-refractivity contribution in [3.63, 3.8) is 0 Å². The van der Waals surface area contributed by atoms with Gasteiger partial charge in [-0.15, -0.1) is 11.3 Å². The third kappa shape index (κ3) is 3.65. The van der Waals surface area contributed by atoms with E-state index in [2.05, 4.69) is 15.2 Å². The average Bonchev–Trinajstić information content (AvgIpc) is 3.41. The number of methoxy groups -OCH3 is 1. The SMILES string of the molecule is COc1ccc(Cl)cc1/C(N)=N/OC(=O)c1cnn2c(-c3cccs3)ccnc12. The lowest BCUT2D eigenvalue weighted by Gasteiger charge is -2.07. The van der Waals surface area contributed by atoms with Gasteiger partial charge in [-0.05, 0) is 35.7 Å². The Bertz CT molecular complexity index is 1220. The number of fused-ring (bicyclic) bond motifs is 1. The van der Waals surface area contributed by atoms with E-state index >= 15 is 0 Å². The molecule has 0 saturated carbocycles. The molecule has 0 amide bonds. The molecule has 10 heteroatoms. The Morgan fingerprint density at radius 1 is 1.28 bits per heavy atom. The number of hydrogen-bond donors (Lipinski definition) is 1. The number of nitrogens with two attached hydrogens (primary N) is 1. The van der Waals surface area contributed by atoms with E-state index in [-0.39, 0.29) is 11.4 Å². The molecule has 0 fully saturated rings. The molecule has 3 heterocycles. The van der Waals surface area contributed by atoms with Gasteiger partial charge in [0.05, 0.1) is 29.4 Å². The highest BCUT2D eigenvalue weighted by Gasteiger charge is 2.19. The molecule has 0 aliphatic rings. The number of benzene rings is 1. The summed E-state index contributed by atoms with van der Waals surface area (Å²) in [5.41, 5.74) is 7.69. The summed E-state index contributed by atoms with van der Waals surface area (Å²) in [6.45, 7) is 0. The number of rotatable bonds is 5. The van der Waals surface area contributed by atoms with Gasteiger partial charge in [-0.1, -0.05) is 22.8 Å². The van der Waals surface area contributed by atoms with E-state index in [0.29, 0.717) is 22.0 Å². The molecule has 2 N–H and O–H groups in total. The van der Waals surface area contributed by atoms with Gasteiger partial charge in [-0.2, -0.15) is 5.10 Å². The minimum atomic E-state index is -0.736. The van der Waals surface area contributed by atoms with Gasteiger partial charge >= 0.3 is 5.97 Å². The number of halogens is 1. The summed E-state index contributed by atoms with van der Waals surface area (Å²) >= 11 is 7.55. The van der Waals surface area contributed by atoms with Crippen molar-refractivity contribution >= 4 is 40.4 Å². The Labute approximate surface area is 174 Å². The predicted octanol–water partition coefficient (Wildman–Crippen LogP) is 3.60. The summed E-state index contributed by atoms with van der Waals surface area (Å²) in [5, 5.41) is 10.4. The normalized spacial score (nSPS) is 11.6. The van der Waals surface area contributed by atoms with Crippen LogP contribution in [0.1, 0.15) is 15.9 Å². The van der Waals surface area contributed by atoms with Crippen LogP contribution in [0.5, 0.6) is 5.75 Å². The second-order valence-corrected chi connectivity index (χ2v) is 7.19. The van der Waals surface area contributed by atoms with Crippen LogP contribution in [0.3, 0.4) is 0 Å². The maximum atomic E-state index is 12.5. The molecule has 4 rings (SSSR count). The molecule has 0 aliphatic heterocycles. The molecule has 4 aromatic rings. The minimum absolute atomic E-state index is 0.0543. The van der Waals surface area contributed by atoms with E-state index in [1.54, 1.807) is 40.2 Å². The van der Waals surface area contributed by atoms with Gasteiger partial charge in [-0.25, -0.2) is 14.3 Å². The highest BCUT2D eigenvalue weighted by molar-refractivity contribution is 7.13. The molecule has 0 radical (unpaired) electrons. The molecule has 0 aliphatic carbocycles. The fourth-order valence-electron chi connectivity index (χ4n) is 2.72. The molecule has 146 valence electrons. The Kier molecular flexibility index (Phi) is 5.15. The van der Waals surface area contributed by atoms with Crippen molar-refractivity contribution in [2.24, 2.45) is 10.9 Å². The molecule has 3 aromatic heterocycles. The van der Waals surface area contributed by atoms with Crippen LogP contribution in [0.15, 0.2) is 59.3 Å². The first-order chi connectivity index (χ1) is 14.1. The number of ether oxygens (including phenoxy) is 1. The van der Waals surface area contributed by atoms with Gasteiger partial charge in [0.1, 0.15) is 11.3 Å². The Hall–Kier alpha value is -3.43. The van der Waals surface area contributed by atoms with Crippen molar-refractivity contribution in [1.29, 1.82) is 0 Å². The zero-order valence-corrected chi connectivity index (χ0v) is 16.6. The van der Waals surface area contributed by atoms with Crippen molar-refractivity contribution in [3.8, 4) is 16.3 Å². The van der Waals surface area contributed by atoms with Crippen LogP contribution in [0.4, 0.5) is 0 Å². The predicted molar refractivity (Wildman–Crippen MR) is 110 cm³/mol. The Morgan fingerprint density at radius 2 is 2.14 bits per heavy atom. The summed E-state index contributed by atoms with van der Waals surface area (Å²) in [6, 6.07) is 10.6. The van der Waals surface area contributed by atoms with Gasteiger partial charge in [0.25, 0.3) is 0 Å². The number of aromatic nitrogens is 3. The van der Waals surface area contributed by atoms with Gasteiger partial charge in [0, 0.05) is 11.2 Å². The number of carbonyl (C=O) groups is 1. The molecular weight excluding hydrogens is 414 g/mol. The maximum Gasteiger partial charge on any atom is 0.371 e. The van der Waals surface area contributed by atoms with E-state index in [0.717, 1.165) is 10.6 Å². The fraction of sp³-hybridized carbons (Fsp3) is 0.0526. The quantitative estimate of drug-likeness (QED) is 0.226. The van der Waals surface area contributed by atoms with Crippen LogP contribution in [0.2, 0.25) is 5.02 Å². The lowest BCUT2D eigenvalue weighted by atomic mass is 10.2. The molecule has 0 bridgehead atoms. The number of hydrogen-bond acceptors (Lipinski definition) is 7. The number of carbonyl (C=O) groups excluding carboxylic acids is 1. The lowest BCUT2D eigenvalue weighted by Crippen LogP contribution is -2.16. The zero-order valence-electron chi connectivity index (χ0n) is 15.1. The van der Waals surface area contributed by atoms with Crippen molar-refractivity contribution in [2.75, 3.05) is 7.11 Å². The average molecular weight is 428 g/mol. The first-order valence-electron chi connectivity index (χ1n) is 8.34. The summed E-state index contributed by atoms with van der Waals surface area (Å²) < 4.78 is 6.80. The lowest BCUT2D eigenvalue weighted by molar-refractivity contribution is 0.0518. The third-order valence-electron chi connectivity index (χ3n) is 4.06. The second kappa shape index (κ2) is 7.90. The van der Waals surface area contributed by atoms with Crippen LogP contribution in [0, 0.1) is 0 Å². The molecule has 0 spiro atoms. The van der Waals surface area contributed by atoms with Crippen molar-refractivity contribution < 1.29 is 14.4 Å². The molecule has 1 aromatic carbocycles. The molecule has 8 nitrogen and oxygen atoms in total. The number of nitrogens with zero attached hydrogens (tertiary/aromatic N) is 4. The zero-order chi connectivity index (χ0) is 20.4. The van der Waals surface area contributed by atoms with Crippen LogP contribution in [0.25, 0.3) is 16.2 Å². The van der Waals surface area contributed by atoms with Gasteiger partial charge in [0.15, 0.2) is 11.5 Å². The fourth-order valence-corrected chi connectivity index (χ4v) is 3.62. The first-order valence-corrected chi connectivity index (χ1v) is 9.59. The summed E-state index contributed by atoms with van der Waals surface area (Å²) in [7, 11) is 1.49. The Balaban J connectivity index is 1.63. The molecule has 0 saturated heterocycles. The topological polar surface area (TPSA) is 104 Å². The van der Waals surface area contributed by atoms with Crippen molar-refractivity contribution in [2.45, 2.75) is 0 Å². The first kappa shape index (κ1) is 18.9. The van der Waals surface area contributed by atoms with E-state index in [9.17, 15) is 4.79 Å². The van der Waals surface area contributed by atoms with Crippen LogP contribution in [-0.4, -0.2) is 33.5 Å². The summed E-state index contributed by atoms with van der Waals surface area (Å²) in [6.07, 6.45) is 2.99. The van der Waals surface area contributed by atoms with E-state index in [4.69, 9.17) is 26.9 Å². The minimum Gasteiger partial charge on any atom is -0.496 e. The molecule has 29 heavy (non-hydrogen) atoms. The smallest absolute Gasteiger partial charge is 0.371 e. The van der Waals surface area contributed by atoms with Crippen molar-refractivity contribution in [3.05, 3.63) is 70.3 Å². The largest absolute Gasteiger partial charge is 0.496 e. The monoisotopic (exact) mass is 427 g/mol. The highest BCUT2D eigenvalue weighted by atomic mass is 35.5. The van der Waals surface area contributed by atoms with Gasteiger partial charge in [0.2, 0.25) is 0 Å². The van der Waals surface area contributed by atoms with Gasteiger partial charge in [-0.3, -0.25) is 0 Å².